The zero-order chi connectivity index (χ0) is 16.6. The van der Waals surface area contributed by atoms with Gasteiger partial charge in [0.05, 0.1) is 6.54 Å². The molecule has 0 saturated carbocycles. The first-order valence-electron chi connectivity index (χ1n) is 6.09. The smallest absolute Gasteiger partial charge is 0.331 e. The third-order valence-corrected chi connectivity index (χ3v) is 2.13. The molecule has 0 rings (SSSR count). The SMILES string of the molecule is N#COCCOC(=O)CCC(N=C=O)C(=O)OCCN=C=O. The standard InChI is InChI=1S/C12H13N3O7/c13-7-20-5-6-21-11(18)2-1-10(15-9-17)12(19)22-4-3-14-8-16/h10H,1-6H2. The van der Waals surface area contributed by atoms with Gasteiger partial charge in [-0.2, -0.15) is 10.3 Å². The Kier molecular flexibility index (Phi) is 11.2. The van der Waals surface area contributed by atoms with E-state index in [0.717, 1.165) is 0 Å². The Balaban J connectivity index is 4.15. The second-order valence-electron chi connectivity index (χ2n) is 3.58. The summed E-state index contributed by atoms with van der Waals surface area (Å²) in [5, 5.41) is 8.09. The van der Waals surface area contributed by atoms with Gasteiger partial charge in [0.15, 0.2) is 6.04 Å². The molecular weight excluding hydrogens is 298 g/mol. The van der Waals surface area contributed by atoms with Crippen LogP contribution in [-0.4, -0.2) is 56.5 Å². The van der Waals surface area contributed by atoms with Crippen LogP contribution in [0.5, 0.6) is 0 Å². The second-order valence-corrected chi connectivity index (χ2v) is 3.58. The van der Waals surface area contributed by atoms with Crippen LogP contribution in [-0.2, 0) is 33.4 Å². The average molecular weight is 311 g/mol. The van der Waals surface area contributed by atoms with Crippen LogP contribution in [0.1, 0.15) is 12.8 Å². The summed E-state index contributed by atoms with van der Waals surface area (Å²) < 4.78 is 13.7. The first-order valence-corrected chi connectivity index (χ1v) is 6.09. The predicted octanol–water partition coefficient (Wildman–Crippen LogP) is -0.609. The van der Waals surface area contributed by atoms with E-state index in [1.54, 1.807) is 0 Å². The predicted molar refractivity (Wildman–Crippen MR) is 67.6 cm³/mol. The molecule has 0 spiro atoms. The van der Waals surface area contributed by atoms with Gasteiger partial charge in [-0.05, 0) is 6.42 Å². The maximum atomic E-state index is 11.6. The van der Waals surface area contributed by atoms with E-state index in [0.29, 0.717) is 0 Å². The number of nitrogens with zero attached hydrogens (tertiary/aromatic N) is 3. The van der Waals surface area contributed by atoms with Gasteiger partial charge in [-0.15, -0.1) is 0 Å². The van der Waals surface area contributed by atoms with E-state index in [2.05, 4.69) is 14.7 Å². The number of carbonyl (C=O) groups excluding carboxylic acids is 4. The highest BCUT2D eigenvalue weighted by molar-refractivity contribution is 5.78. The Morgan fingerprint density at radius 2 is 1.86 bits per heavy atom. The molecule has 0 fully saturated rings. The van der Waals surface area contributed by atoms with Crippen molar-refractivity contribution in [1.82, 2.24) is 0 Å². The molecule has 0 aliphatic rings. The van der Waals surface area contributed by atoms with Crippen LogP contribution >= 0.6 is 0 Å². The number of isocyanates is 2. The van der Waals surface area contributed by atoms with E-state index in [9.17, 15) is 19.2 Å². The van der Waals surface area contributed by atoms with Gasteiger partial charge < -0.3 is 14.2 Å². The molecule has 0 aliphatic carbocycles. The highest BCUT2D eigenvalue weighted by Crippen LogP contribution is 2.05. The Bertz CT molecular complexity index is 501. The molecule has 118 valence electrons. The van der Waals surface area contributed by atoms with Crippen molar-refractivity contribution in [1.29, 1.82) is 5.26 Å². The zero-order valence-electron chi connectivity index (χ0n) is 11.5. The number of hydrogen-bond acceptors (Lipinski definition) is 10. The largest absolute Gasteiger partial charge is 0.462 e. The lowest BCUT2D eigenvalue weighted by atomic mass is 10.1. The van der Waals surface area contributed by atoms with Crippen molar-refractivity contribution in [2.45, 2.75) is 18.9 Å². The number of hydrogen-bond donors (Lipinski definition) is 0. The summed E-state index contributed by atoms with van der Waals surface area (Å²) in [6.45, 7) is -0.414. The number of ether oxygens (including phenoxy) is 3. The molecule has 0 aromatic heterocycles. The summed E-state index contributed by atoms with van der Waals surface area (Å²) in [7, 11) is 0. The van der Waals surface area contributed by atoms with Crippen molar-refractivity contribution in [3.8, 4) is 6.26 Å². The van der Waals surface area contributed by atoms with Crippen LogP contribution in [0.4, 0.5) is 0 Å². The maximum absolute atomic E-state index is 11.6. The van der Waals surface area contributed by atoms with Gasteiger partial charge in [-0.25, -0.2) is 19.4 Å². The molecule has 1 atom stereocenters. The summed E-state index contributed by atoms with van der Waals surface area (Å²) in [6.07, 6.45) is 3.60. The van der Waals surface area contributed by atoms with E-state index in [1.807, 2.05) is 0 Å². The van der Waals surface area contributed by atoms with Crippen molar-refractivity contribution in [3.05, 3.63) is 0 Å². The van der Waals surface area contributed by atoms with E-state index >= 15 is 0 Å². The third kappa shape index (κ3) is 9.86. The molecule has 1 unspecified atom stereocenters. The van der Waals surface area contributed by atoms with E-state index in [4.69, 9.17) is 14.7 Å². The fraction of sp³-hybridized carbons (Fsp3) is 0.583. The molecule has 0 radical (unpaired) electrons. The maximum Gasteiger partial charge on any atom is 0.331 e. The lowest BCUT2D eigenvalue weighted by Crippen LogP contribution is -2.24. The quantitative estimate of drug-likeness (QED) is 0.161. The van der Waals surface area contributed by atoms with Crippen LogP contribution in [0.15, 0.2) is 9.98 Å². The molecule has 10 nitrogen and oxygen atoms in total. The van der Waals surface area contributed by atoms with Crippen LogP contribution in [0, 0.1) is 11.5 Å². The fourth-order valence-electron chi connectivity index (χ4n) is 1.20. The summed E-state index contributed by atoms with van der Waals surface area (Å²) >= 11 is 0. The lowest BCUT2D eigenvalue weighted by Gasteiger charge is -2.09. The van der Waals surface area contributed by atoms with Crippen molar-refractivity contribution in [2.24, 2.45) is 9.98 Å². The van der Waals surface area contributed by atoms with E-state index in [1.165, 1.54) is 18.4 Å². The van der Waals surface area contributed by atoms with Gasteiger partial charge in [-0.3, -0.25) is 4.79 Å². The van der Waals surface area contributed by atoms with Gasteiger partial charge in [0, 0.05) is 6.42 Å². The Hall–Kier alpha value is -3.01. The summed E-state index contributed by atoms with van der Waals surface area (Å²) in [5.74, 6) is -1.49. The topological polar surface area (TPSA) is 144 Å². The molecule has 22 heavy (non-hydrogen) atoms. The number of carbonyl (C=O) groups is 2. The zero-order valence-corrected chi connectivity index (χ0v) is 11.5. The van der Waals surface area contributed by atoms with Crippen molar-refractivity contribution < 1.29 is 33.4 Å². The van der Waals surface area contributed by atoms with Crippen molar-refractivity contribution in [2.75, 3.05) is 26.4 Å². The van der Waals surface area contributed by atoms with Crippen LogP contribution in [0.2, 0.25) is 0 Å². The fourth-order valence-corrected chi connectivity index (χ4v) is 1.20. The minimum absolute atomic E-state index is 0.0618. The first-order chi connectivity index (χ1) is 10.7. The molecule has 0 aliphatic heterocycles. The molecular formula is C12H13N3O7. The van der Waals surface area contributed by atoms with Gasteiger partial charge in [0.25, 0.3) is 6.26 Å². The van der Waals surface area contributed by atoms with E-state index in [-0.39, 0.29) is 39.2 Å². The van der Waals surface area contributed by atoms with Crippen LogP contribution in [0.3, 0.4) is 0 Å². The molecule has 0 aromatic carbocycles. The monoisotopic (exact) mass is 311 g/mol. The Morgan fingerprint density at radius 3 is 2.50 bits per heavy atom. The highest BCUT2D eigenvalue weighted by atomic mass is 16.6. The molecule has 0 saturated heterocycles. The minimum Gasteiger partial charge on any atom is -0.462 e. The molecule has 0 amide bonds. The van der Waals surface area contributed by atoms with Gasteiger partial charge in [0.2, 0.25) is 12.2 Å². The summed E-state index contributed by atoms with van der Waals surface area (Å²) in [6, 6.07) is -1.19. The molecule has 10 heteroatoms. The summed E-state index contributed by atoms with van der Waals surface area (Å²) in [4.78, 5) is 49.4. The van der Waals surface area contributed by atoms with E-state index < -0.39 is 18.0 Å². The Labute approximate surface area is 125 Å². The third-order valence-electron chi connectivity index (χ3n) is 2.13. The first kappa shape index (κ1) is 19.0. The number of nitriles is 1. The van der Waals surface area contributed by atoms with Gasteiger partial charge in [-0.1, -0.05) is 0 Å². The normalized spacial score (nSPS) is 10.1. The number of aliphatic imine (C=N–C) groups is 2. The Morgan fingerprint density at radius 1 is 1.09 bits per heavy atom. The average Bonchev–Trinajstić information content (AvgIpc) is 2.52. The number of esters is 2. The summed E-state index contributed by atoms with van der Waals surface area (Å²) in [5.41, 5.74) is 0. The number of rotatable bonds is 11. The second kappa shape index (κ2) is 13.0. The lowest BCUT2D eigenvalue weighted by molar-refractivity contribution is -0.146. The molecule has 0 bridgehead atoms. The van der Waals surface area contributed by atoms with Gasteiger partial charge in [0.1, 0.15) is 19.8 Å². The molecule has 0 aromatic rings. The van der Waals surface area contributed by atoms with Crippen LogP contribution < -0.4 is 0 Å². The molecule has 0 N–H and O–H groups in total. The van der Waals surface area contributed by atoms with Crippen molar-refractivity contribution in [3.63, 3.8) is 0 Å². The minimum atomic E-state index is -1.19. The van der Waals surface area contributed by atoms with Gasteiger partial charge >= 0.3 is 11.9 Å². The van der Waals surface area contributed by atoms with Crippen molar-refractivity contribution >= 4 is 24.1 Å². The van der Waals surface area contributed by atoms with Crippen LogP contribution in [0.25, 0.3) is 0 Å². The highest BCUT2D eigenvalue weighted by Gasteiger charge is 2.21. The molecule has 0 heterocycles.